The molecule has 1 saturated heterocycles. The molecule has 176 valence electrons. The van der Waals surface area contributed by atoms with E-state index in [1.54, 1.807) is 6.33 Å². The molecule has 34 heavy (non-hydrogen) atoms. The van der Waals surface area contributed by atoms with E-state index < -0.39 is 0 Å². The van der Waals surface area contributed by atoms with Crippen molar-refractivity contribution in [2.75, 3.05) is 13.1 Å². The zero-order valence-corrected chi connectivity index (χ0v) is 19.4. The van der Waals surface area contributed by atoms with E-state index >= 15 is 0 Å². The lowest BCUT2D eigenvalue weighted by atomic mass is 9.95. The van der Waals surface area contributed by atoms with E-state index in [9.17, 15) is 9.59 Å². The molecule has 2 aliphatic heterocycles. The summed E-state index contributed by atoms with van der Waals surface area (Å²) in [5.41, 5.74) is 4.73. The number of benzene rings is 2. The fourth-order valence-corrected chi connectivity index (χ4v) is 4.71. The van der Waals surface area contributed by atoms with Gasteiger partial charge in [-0.1, -0.05) is 60.2 Å². The van der Waals surface area contributed by atoms with E-state index in [-0.39, 0.29) is 23.8 Å². The monoisotopic (exact) mass is 458 g/mol. The van der Waals surface area contributed by atoms with Gasteiger partial charge in [-0.05, 0) is 30.9 Å². The van der Waals surface area contributed by atoms with Gasteiger partial charge < -0.3 is 19.5 Å². The summed E-state index contributed by atoms with van der Waals surface area (Å²) in [7, 11) is 0. The molecule has 0 aliphatic carbocycles. The van der Waals surface area contributed by atoms with Gasteiger partial charge in [0.1, 0.15) is 6.10 Å². The number of hydrogen-bond donors (Lipinski definition) is 1. The van der Waals surface area contributed by atoms with Crippen LogP contribution in [0.25, 0.3) is 0 Å². The van der Waals surface area contributed by atoms with Crippen LogP contribution in [-0.4, -0.2) is 39.4 Å². The summed E-state index contributed by atoms with van der Waals surface area (Å²) < 4.78 is 8.13. The van der Waals surface area contributed by atoms with Crippen LogP contribution in [0.4, 0.5) is 0 Å². The predicted octanol–water partition coefficient (Wildman–Crippen LogP) is 3.63. The van der Waals surface area contributed by atoms with Crippen molar-refractivity contribution in [1.29, 1.82) is 0 Å². The van der Waals surface area contributed by atoms with Crippen molar-refractivity contribution in [3.05, 3.63) is 89.0 Å². The molecule has 2 amide bonds. The zero-order chi connectivity index (χ0) is 23.5. The molecule has 7 nitrogen and oxygen atoms in total. The number of ether oxygens (including phenoxy) is 1. The maximum atomic E-state index is 13.2. The minimum atomic E-state index is -0.0747. The molecule has 0 radical (unpaired) electrons. The fraction of sp³-hybridized carbons (Fsp3) is 0.370. The van der Waals surface area contributed by atoms with Crippen LogP contribution < -0.4 is 5.32 Å². The molecule has 3 heterocycles. The smallest absolute Gasteiger partial charge is 0.274 e. The Labute approximate surface area is 199 Å². The molecule has 0 saturated carbocycles. The Balaban J connectivity index is 1.16. The molecule has 2 aromatic carbocycles. The number of imidazole rings is 1. The van der Waals surface area contributed by atoms with E-state index in [0.717, 1.165) is 16.8 Å². The van der Waals surface area contributed by atoms with Crippen LogP contribution >= 0.6 is 0 Å². The third-order valence-electron chi connectivity index (χ3n) is 6.84. The highest BCUT2D eigenvalue weighted by atomic mass is 16.5. The number of rotatable bonds is 5. The number of carbonyl (C=O) groups excluding carboxylic acids is 2. The Bertz CT molecular complexity index is 1150. The van der Waals surface area contributed by atoms with Gasteiger partial charge in [-0.3, -0.25) is 9.59 Å². The van der Waals surface area contributed by atoms with Crippen molar-refractivity contribution in [3.63, 3.8) is 0 Å². The molecule has 3 aromatic rings. The van der Waals surface area contributed by atoms with Gasteiger partial charge in [-0.2, -0.15) is 0 Å². The number of amides is 2. The van der Waals surface area contributed by atoms with E-state index in [2.05, 4.69) is 41.5 Å². The second-order valence-corrected chi connectivity index (χ2v) is 9.17. The number of fused-ring (bicyclic) bond motifs is 1. The molecule has 0 unspecified atom stereocenters. The summed E-state index contributed by atoms with van der Waals surface area (Å²) in [6.07, 6.45) is 3.02. The normalized spacial score (nSPS) is 18.4. The standard InChI is InChI=1S/C27H30N4O3/c1-19-7-9-21(10-8-19)24-16-31-18-29-25(23(31)17-34-24)27(33)30-13-11-22(12-14-30)26(32)28-15-20-5-3-2-4-6-20/h2-10,18,22,24H,11-17H2,1H3,(H,28,32)/t24-/m1/s1. The van der Waals surface area contributed by atoms with Gasteiger partial charge in [0.05, 0.1) is 25.2 Å². The molecule has 1 atom stereocenters. The van der Waals surface area contributed by atoms with Crippen LogP contribution in [0.15, 0.2) is 60.9 Å². The molecule has 0 spiro atoms. The summed E-state index contributed by atoms with van der Waals surface area (Å²) in [6.45, 7) is 4.71. The van der Waals surface area contributed by atoms with E-state index in [1.165, 1.54) is 5.56 Å². The number of hydrogen-bond acceptors (Lipinski definition) is 4. The third-order valence-corrected chi connectivity index (χ3v) is 6.84. The van der Waals surface area contributed by atoms with Crippen LogP contribution in [0.1, 0.15) is 51.8 Å². The van der Waals surface area contributed by atoms with Crippen LogP contribution in [0.5, 0.6) is 0 Å². The number of aryl methyl sites for hydroxylation is 1. The number of nitrogens with zero attached hydrogens (tertiary/aromatic N) is 3. The van der Waals surface area contributed by atoms with Crippen molar-refractivity contribution in [2.24, 2.45) is 5.92 Å². The van der Waals surface area contributed by atoms with Gasteiger partial charge in [-0.25, -0.2) is 4.98 Å². The third kappa shape index (κ3) is 4.75. The molecule has 1 fully saturated rings. The van der Waals surface area contributed by atoms with Crippen LogP contribution in [0, 0.1) is 12.8 Å². The molecule has 1 N–H and O–H groups in total. The number of piperidine rings is 1. The summed E-state index contributed by atoms with van der Waals surface area (Å²) in [5, 5.41) is 3.03. The topological polar surface area (TPSA) is 76.5 Å². The Hall–Kier alpha value is -3.45. The molecule has 5 rings (SSSR count). The van der Waals surface area contributed by atoms with Gasteiger partial charge in [0, 0.05) is 25.6 Å². The zero-order valence-electron chi connectivity index (χ0n) is 19.4. The molecular weight excluding hydrogens is 428 g/mol. The lowest BCUT2D eigenvalue weighted by molar-refractivity contribution is -0.126. The lowest BCUT2D eigenvalue weighted by Gasteiger charge is -2.31. The summed E-state index contributed by atoms with van der Waals surface area (Å²) in [6, 6.07) is 18.2. The Morgan fingerprint density at radius 3 is 2.53 bits per heavy atom. The number of aromatic nitrogens is 2. The highest BCUT2D eigenvalue weighted by Crippen LogP contribution is 2.29. The first-order valence-corrected chi connectivity index (χ1v) is 11.9. The average molecular weight is 459 g/mol. The maximum Gasteiger partial charge on any atom is 0.274 e. The predicted molar refractivity (Wildman–Crippen MR) is 128 cm³/mol. The Morgan fingerprint density at radius 1 is 1.06 bits per heavy atom. The highest BCUT2D eigenvalue weighted by molar-refractivity contribution is 5.93. The van der Waals surface area contributed by atoms with Gasteiger partial charge >= 0.3 is 0 Å². The number of likely N-dealkylation sites (tertiary alicyclic amines) is 1. The second-order valence-electron chi connectivity index (χ2n) is 9.17. The largest absolute Gasteiger partial charge is 0.365 e. The first-order valence-electron chi connectivity index (χ1n) is 11.9. The molecule has 0 bridgehead atoms. The Kier molecular flexibility index (Phi) is 6.45. The minimum Gasteiger partial charge on any atom is -0.365 e. The quantitative estimate of drug-likeness (QED) is 0.634. The van der Waals surface area contributed by atoms with Crippen LogP contribution in [-0.2, 0) is 29.2 Å². The first kappa shape index (κ1) is 22.3. The minimum absolute atomic E-state index is 0.0459. The van der Waals surface area contributed by atoms with Crippen LogP contribution in [0.3, 0.4) is 0 Å². The summed E-state index contributed by atoms with van der Waals surface area (Å²) >= 11 is 0. The van der Waals surface area contributed by atoms with Crippen molar-refractivity contribution in [3.8, 4) is 0 Å². The Morgan fingerprint density at radius 2 is 1.79 bits per heavy atom. The van der Waals surface area contributed by atoms with Crippen molar-refractivity contribution < 1.29 is 14.3 Å². The molecule has 1 aromatic heterocycles. The summed E-state index contributed by atoms with van der Waals surface area (Å²) in [5.74, 6) is -0.0811. The first-order chi connectivity index (χ1) is 16.6. The lowest BCUT2D eigenvalue weighted by Crippen LogP contribution is -2.43. The molecule has 2 aliphatic rings. The maximum absolute atomic E-state index is 13.2. The van der Waals surface area contributed by atoms with Gasteiger partial charge in [0.25, 0.3) is 5.91 Å². The van der Waals surface area contributed by atoms with E-state index in [1.807, 2.05) is 39.8 Å². The highest BCUT2D eigenvalue weighted by Gasteiger charge is 2.32. The molecule has 7 heteroatoms. The van der Waals surface area contributed by atoms with Crippen molar-refractivity contribution >= 4 is 11.8 Å². The SMILES string of the molecule is Cc1ccc([C@H]2Cn3cnc(C(=O)N4CCC(C(=O)NCc5ccccc5)CC4)c3CO2)cc1. The average Bonchev–Trinajstić information content (AvgIpc) is 3.31. The summed E-state index contributed by atoms with van der Waals surface area (Å²) in [4.78, 5) is 32.1. The van der Waals surface area contributed by atoms with Gasteiger partial charge in [-0.15, -0.1) is 0 Å². The number of nitrogens with one attached hydrogen (secondary N) is 1. The van der Waals surface area contributed by atoms with E-state index in [4.69, 9.17) is 4.74 Å². The van der Waals surface area contributed by atoms with Gasteiger partial charge in [0.15, 0.2) is 5.69 Å². The van der Waals surface area contributed by atoms with E-state index in [0.29, 0.717) is 51.3 Å². The van der Waals surface area contributed by atoms with Crippen molar-refractivity contribution in [2.45, 2.75) is 45.6 Å². The fourth-order valence-electron chi connectivity index (χ4n) is 4.71. The molecular formula is C27H30N4O3. The number of carbonyl (C=O) groups is 2. The van der Waals surface area contributed by atoms with Gasteiger partial charge in [0.2, 0.25) is 5.91 Å². The van der Waals surface area contributed by atoms with Crippen molar-refractivity contribution in [1.82, 2.24) is 19.8 Å². The van der Waals surface area contributed by atoms with Crippen LogP contribution in [0.2, 0.25) is 0 Å². The second kappa shape index (κ2) is 9.81.